The van der Waals surface area contributed by atoms with Crippen LogP contribution in [0, 0.1) is 0 Å². The third-order valence-corrected chi connectivity index (χ3v) is 13.5. The molecule has 4 nitrogen and oxygen atoms in total. The van der Waals surface area contributed by atoms with Crippen molar-refractivity contribution in [3.63, 3.8) is 0 Å². The first-order chi connectivity index (χ1) is 19.2. The highest BCUT2D eigenvalue weighted by atomic mass is 127. The molecule has 0 fully saturated rings. The Kier molecular flexibility index (Phi) is 6.80. The van der Waals surface area contributed by atoms with Crippen molar-refractivity contribution in [3.8, 4) is 0 Å². The zero-order valence-electron chi connectivity index (χ0n) is 24.9. The Morgan fingerprint density at radius 2 is 1.38 bits per heavy atom. The molecule has 3 aromatic carbocycles. The minimum absolute atomic E-state index is 0.0320. The summed E-state index contributed by atoms with van der Waals surface area (Å²) in [4.78, 5) is 15.7. The highest BCUT2D eigenvalue weighted by molar-refractivity contribution is 14.2. The van der Waals surface area contributed by atoms with Gasteiger partial charge in [0.25, 0.3) is 0 Å². The largest absolute Gasteiger partial charge is 0.300 e. The van der Waals surface area contributed by atoms with Crippen LogP contribution in [0.3, 0.4) is 0 Å². The Labute approximate surface area is 249 Å². The predicted octanol–water partition coefficient (Wildman–Crippen LogP) is 9.73. The number of anilines is 4. The van der Waals surface area contributed by atoms with Crippen LogP contribution < -0.4 is 9.80 Å². The fourth-order valence-electron chi connectivity index (χ4n) is 7.03. The number of nitrogens with zero attached hydrogens (tertiary/aromatic N) is 4. The van der Waals surface area contributed by atoms with Gasteiger partial charge in [-0.3, -0.25) is 0 Å². The van der Waals surface area contributed by atoms with E-state index in [9.17, 15) is 0 Å². The van der Waals surface area contributed by atoms with E-state index in [0.717, 1.165) is 35.5 Å². The van der Waals surface area contributed by atoms with Gasteiger partial charge in [-0.05, 0) is 71.7 Å². The molecule has 2 aliphatic heterocycles. The van der Waals surface area contributed by atoms with Crippen molar-refractivity contribution in [2.24, 2.45) is 0 Å². The lowest BCUT2D eigenvalue weighted by Gasteiger charge is -2.58. The first-order valence-electron chi connectivity index (χ1n) is 14.7. The monoisotopic (exact) mass is 644 g/mol. The van der Waals surface area contributed by atoms with Crippen molar-refractivity contribution in [3.05, 3.63) is 83.4 Å². The van der Waals surface area contributed by atoms with Gasteiger partial charge in [-0.15, -0.1) is 20.7 Å². The molecule has 208 valence electrons. The molecule has 0 amide bonds. The Morgan fingerprint density at radius 3 is 1.90 bits per heavy atom. The Hall–Kier alpha value is -2.80. The van der Waals surface area contributed by atoms with Crippen LogP contribution in [0.1, 0.15) is 89.8 Å². The fourth-order valence-corrected chi connectivity index (χ4v) is 10.0. The number of para-hydroxylation sites is 2. The summed E-state index contributed by atoms with van der Waals surface area (Å²) >= 11 is -0.450. The van der Waals surface area contributed by atoms with Gasteiger partial charge >= 0.3 is 0 Å². The van der Waals surface area contributed by atoms with Gasteiger partial charge < -0.3 is 9.80 Å². The van der Waals surface area contributed by atoms with Crippen molar-refractivity contribution in [1.29, 1.82) is 0 Å². The maximum absolute atomic E-state index is 5.34. The minimum Gasteiger partial charge on any atom is -0.300 e. The van der Waals surface area contributed by atoms with Gasteiger partial charge in [0.1, 0.15) is 6.17 Å². The molecule has 0 saturated carbocycles. The lowest BCUT2D eigenvalue weighted by molar-refractivity contribution is 0.276. The van der Waals surface area contributed by atoms with Crippen LogP contribution in [0.15, 0.2) is 66.7 Å². The number of hydrogen-bond acceptors (Lipinski definition) is 4. The molecule has 6 rings (SSSR count). The van der Waals surface area contributed by atoms with Crippen LogP contribution in [-0.4, -0.2) is 24.1 Å². The SMILES string of the molecule is C=IC1(CC)C2N(c3ccc(C(C)C)cc3)c3nc4ccccc4nc3N2c2ccc(C(C)C)cc2C1(C)CC. The summed E-state index contributed by atoms with van der Waals surface area (Å²) in [6, 6.07) is 24.6. The van der Waals surface area contributed by atoms with Crippen LogP contribution >= 0.6 is 20.7 Å². The van der Waals surface area contributed by atoms with Gasteiger partial charge in [-0.2, -0.15) is 0 Å². The standard InChI is InChI=1S/C35H41IN4/c1-9-34(7)27-21-25(23(5)6)17-20-30(27)40-32-31(37-28-13-11-12-14-29(28)38-32)39(33(40)35(34,10-2)36-8)26-18-15-24(16-19-26)22(3)4/h11-23,33H,8-10H2,1-7H3. The Bertz CT molecular complexity index is 1590. The smallest absolute Gasteiger partial charge is 0.179 e. The number of hydrogen-bond donors (Lipinski definition) is 0. The van der Waals surface area contributed by atoms with Gasteiger partial charge in [0, 0.05) is 16.8 Å². The molecule has 3 unspecified atom stereocenters. The van der Waals surface area contributed by atoms with Gasteiger partial charge in [0.05, 0.1) is 14.5 Å². The highest BCUT2D eigenvalue weighted by Gasteiger charge is 2.63. The topological polar surface area (TPSA) is 32.3 Å². The average molecular weight is 645 g/mol. The van der Waals surface area contributed by atoms with Crippen LogP contribution in [0.5, 0.6) is 0 Å². The molecule has 0 spiro atoms. The van der Waals surface area contributed by atoms with E-state index in [-0.39, 0.29) is 15.0 Å². The van der Waals surface area contributed by atoms with E-state index in [0.29, 0.717) is 11.8 Å². The van der Waals surface area contributed by atoms with Crippen LogP contribution in [0.4, 0.5) is 23.0 Å². The summed E-state index contributed by atoms with van der Waals surface area (Å²) in [5.41, 5.74) is 8.48. The van der Waals surface area contributed by atoms with Crippen LogP contribution in [0.25, 0.3) is 11.0 Å². The number of aromatic nitrogens is 2. The Balaban J connectivity index is 1.71. The molecule has 3 heterocycles. The molecular formula is C35H41IN4. The van der Waals surface area contributed by atoms with Gasteiger partial charge in [0.2, 0.25) is 0 Å². The van der Waals surface area contributed by atoms with E-state index in [2.05, 4.69) is 125 Å². The number of benzene rings is 3. The second-order valence-electron chi connectivity index (χ2n) is 12.2. The van der Waals surface area contributed by atoms with Gasteiger partial charge in [-0.25, -0.2) is 9.97 Å². The van der Waals surface area contributed by atoms with E-state index in [1.54, 1.807) is 0 Å². The second kappa shape index (κ2) is 9.93. The quantitative estimate of drug-likeness (QED) is 0.155. The van der Waals surface area contributed by atoms with Crippen molar-refractivity contribution < 1.29 is 0 Å². The maximum atomic E-state index is 5.34. The minimum atomic E-state index is -0.450. The van der Waals surface area contributed by atoms with E-state index in [1.807, 2.05) is 0 Å². The lowest BCUT2D eigenvalue weighted by Crippen LogP contribution is -2.65. The van der Waals surface area contributed by atoms with Gasteiger partial charge in [-0.1, -0.05) is 89.4 Å². The molecule has 0 bridgehead atoms. The zero-order chi connectivity index (χ0) is 28.4. The number of rotatable bonds is 6. The van der Waals surface area contributed by atoms with Crippen molar-refractivity contribution in [2.75, 3.05) is 9.80 Å². The normalized spacial score (nSPS) is 23.6. The van der Waals surface area contributed by atoms with Crippen LogP contribution in [-0.2, 0) is 5.41 Å². The van der Waals surface area contributed by atoms with Crippen molar-refractivity contribution >= 4 is 59.3 Å². The molecule has 2 aliphatic rings. The van der Waals surface area contributed by atoms with E-state index >= 15 is 0 Å². The maximum Gasteiger partial charge on any atom is 0.179 e. The summed E-state index contributed by atoms with van der Waals surface area (Å²) in [6.07, 6.45) is 2.17. The molecular weight excluding hydrogens is 603 g/mol. The third-order valence-electron chi connectivity index (χ3n) is 9.65. The molecule has 3 atom stereocenters. The lowest BCUT2D eigenvalue weighted by atomic mass is 9.63. The molecule has 0 aliphatic carbocycles. The summed E-state index contributed by atoms with van der Waals surface area (Å²) in [6.45, 7) is 16.4. The highest BCUT2D eigenvalue weighted by Crippen LogP contribution is 2.64. The number of alkyl halides is 1. The van der Waals surface area contributed by atoms with E-state index in [1.165, 1.54) is 28.1 Å². The summed E-state index contributed by atoms with van der Waals surface area (Å²) < 4.78 is 4.75. The predicted molar refractivity (Wildman–Crippen MR) is 180 cm³/mol. The Morgan fingerprint density at radius 1 is 0.800 bits per heavy atom. The fraction of sp³-hybridized carbons (Fsp3) is 0.400. The van der Waals surface area contributed by atoms with Gasteiger partial charge in [0.15, 0.2) is 11.6 Å². The number of halogens is 1. The first kappa shape index (κ1) is 27.4. The summed E-state index contributed by atoms with van der Waals surface area (Å²) in [5.74, 6) is 2.87. The molecule has 40 heavy (non-hydrogen) atoms. The molecule has 4 aromatic rings. The molecule has 0 radical (unpaired) electrons. The molecule has 5 heteroatoms. The number of fused-ring (bicyclic) bond motifs is 6. The van der Waals surface area contributed by atoms with Crippen molar-refractivity contribution in [1.82, 2.24) is 9.97 Å². The second-order valence-corrected chi connectivity index (χ2v) is 14.9. The summed E-state index contributed by atoms with van der Waals surface area (Å²) in [5, 5.41) is 0. The third kappa shape index (κ3) is 3.72. The van der Waals surface area contributed by atoms with E-state index in [4.69, 9.17) is 14.5 Å². The molecule has 0 N–H and O–H groups in total. The van der Waals surface area contributed by atoms with E-state index < -0.39 is 20.7 Å². The van der Waals surface area contributed by atoms with Crippen molar-refractivity contribution in [2.45, 2.75) is 88.1 Å². The summed E-state index contributed by atoms with van der Waals surface area (Å²) in [7, 11) is 0. The molecule has 1 aromatic heterocycles. The average Bonchev–Trinajstić information content (AvgIpc) is 3.30. The van der Waals surface area contributed by atoms with Crippen LogP contribution in [0.2, 0.25) is 0 Å². The molecule has 0 saturated heterocycles. The zero-order valence-corrected chi connectivity index (χ0v) is 27.0. The first-order valence-corrected chi connectivity index (χ1v) is 17.3.